The number of aryl methyl sites for hydroxylation is 3. The lowest BCUT2D eigenvalue weighted by atomic mass is 10.0. The van der Waals surface area contributed by atoms with Crippen LogP contribution >= 0.6 is 11.6 Å². The van der Waals surface area contributed by atoms with Crippen LogP contribution in [0.1, 0.15) is 50.1 Å². The minimum absolute atomic E-state index is 0.235. The number of hydrogen-bond donors (Lipinski definition) is 0. The molecule has 0 amide bonds. The SMILES string of the molecule is Cc1ccc(Cc2cc(C)c(Cn3cncc3C(Cl)c3cccc(C)c3)cn2)cc1. The first-order chi connectivity index (χ1) is 14.5. The number of halogens is 1. The van der Waals surface area contributed by atoms with Gasteiger partial charge in [-0.1, -0.05) is 59.7 Å². The predicted octanol–water partition coefficient (Wildman–Crippen LogP) is 6.17. The molecule has 0 bridgehead atoms. The van der Waals surface area contributed by atoms with E-state index in [-0.39, 0.29) is 5.38 Å². The van der Waals surface area contributed by atoms with Gasteiger partial charge in [0.15, 0.2) is 0 Å². The Morgan fingerprint density at radius 1 is 0.933 bits per heavy atom. The van der Waals surface area contributed by atoms with Crippen LogP contribution in [0, 0.1) is 20.8 Å². The third kappa shape index (κ3) is 4.63. The van der Waals surface area contributed by atoms with Crippen molar-refractivity contribution in [2.75, 3.05) is 0 Å². The molecular weight excluding hydrogens is 390 g/mol. The molecule has 4 aromatic rings. The maximum absolute atomic E-state index is 6.81. The van der Waals surface area contributed by atoms with Gasteiger partial charge in [-0.25, -0.2) is 4.98 Å². The van der Waals surface area contributed by atoms with Gasteiger partial charge < -0.3 is 4.57 Å². The average Bonchev–Trinajstić information content (AvgIpc) is 3.19. The second-order valence-corrected chi connectivity index (χ2v) is 8.42. The molecule has 0 radical (unpaired) electrons. The van der Waals surface area contributed by atoms with Crippen molar-refractivity contribution in [3.05, 3.63) is 118 Å². The second-order valence-electron chi connectivity index (χ2n) is 7.99. The Labute approximate surface area is 183 Å². The Kier molecular flexibility index (Phi) is 6.01. The highest BCUT2D eigenvalue weighted by molar-refractivity contribution is 6.22. The second kappa shape index (κ2) is 8.85. The van der Waals surface area contributed by atoms with Crippen LogP contribution in [-0.2, 0) is 13.0 Å². The molecular formula is C26H26ClN3. The molecule has 30 heavy (non-hydrogen) atoms. The van der Waals surface area contributed by atoms with E-state index in [9.17, 15) is 0 Å². The van der Waals surface area contributed by atoms with Gasteiger partial charge in [0, 0.05) is 24.5 Å². The lowest BCUT2D eigenvalue weighted by Gasteiger charge is -2.15. The average molecular weight is 416 g/mol. The lowest BCUT2D eigenvalue weighted by Crippen LogP contribution is -2.08. The van der Waals surface area contributed by atoms with Gasteiger partial charge in [-0.05, 0) is 49.1 Å². The van der Waals surface area contributed by atoms with Crippen molar-refractivity contribution in [1.29, 1.82) is 0 Å². The van der Waals surface area contributed by atoms with E-state index in [1.165, 1.54) is 27.8 Å². The van der Waals surface area contributed by atoms with Crippen molar-refractivity contribution >= 4 is 11.6 Å². The molecule has 0 saturated heterocycles. The van der Waals surface area contributed by atoms with Gasteiger partial charge in [-0.2, -0.15) is 0 Å². The molecule has 2 aromatic heterocycles. The standard InChI is InChI=1S/C26H26ClN3/c1-18-7-9-21(10-8-18)13-24-12-20(3)23(14-29-24)16-30-17-28-15-25(30)26(27)22-6-4-5-19(2)11-22/h4-12,14-15,17,26H,13,16H2,1-3H3. The summed E-state index contributed by atoms with van der Waals surface area (Å²) in [6.07, 6.45) is 6.53. The largest absolute Gasteiger partial charge is 0.328 e. The van der Waals surface area contributed by atoms with Gasteiger partial charge in [-0.15, -0.1) is 11.6 Å². The number of benzene rings is 2. The molecule has 0 aliphatic rings. The molecule has 1 unspecified atom stereocenters. The Hall–Kier alpha value is -2.91. The number of alkyl halides is 1. The van der Waals surface area contributed by atoms with E-state index in [1.54, 1.807) is 0 Å². The molecule has 0 aliphatic carbocycles. The summed E-state index contributed by atoms with van der Waals surface area (Å²) in [5.74, 6) is 0. The summed E-state index contributed by atoms with van der Waals surface area (Å²) in [5, 5.41) is -0.235. The monoisotopic (exact) mass is 415 g/mol. The highest BCUT2D eigenvalue weighted by atomic mass is 35.5. The van der Waals surface area contributed by atoms with Crippen LogP contribution in [-0.4, -0.2) is 14.5 Å². The minimum Gasteiger partial charge on any atom is -0.328 e. The number of pyridine rings is 1. The van der Waals surface area contributed by atoms with Gasteiger partial charge in [0.1, 0.15) is 5.38 Å². The van der Waals surface area contributed by atoms with Crippen molar-refractivity contribution in [1.82, 2.24) is 14.5 Å². The van der Waals surface area contributed by atoms with Crippen LogP contribution in [0.5, 0.6) is 0 Å². The highest BCUT2D eigenvalue weighted by Gasteiger charge is 2.16. The molecule has 152 valence electrons. The van der Waals surface area contributed by atoms with E-state index in [0.717, 1.165) is 23.4 Å². The Bertz CT molecular complexity index is 1150. The first-order valence-electron chi connectivity index (χ1n) is 10.2. The molecule has 4 heteroatoms. The topological polar surface area (TPSA) is 30.7 Å². The zero-order valence-corrected chi connectivity index (χ0v) is 18.4. The molecule has 1 atom stereocenters. The Morgan fingerprint density at radius 3 is 2.47 bits per heavy atom. The first-order valence-corrected chi connectivity index (χ1v) is 10.6. The summed E-state index contributed by atoms with van der Waals surface area (Å²) in [4.78, 5) is 9.07. The van der Waals surface area contributed by atoms with Gasteiger partial charge >= 0.3 is 0 Å². The van der Waals surface area contributed by atoms with E-state index in [0.29, 0.717) is 6.54 Å². The van der Waals surface area contributed by atoms with Crippen LogP contribution in [0.3, 0.4) is 0 Å². The predicted molar refractivity (Wildman–Crippen MR) is 123 cm³/mol. The molecule has 3 nitrogen and oxygen atoms in total. The zero-order chi connectivity index (χ0) is 21.1. The Morgan fingerprint density at radius 2 is 1.73 bits per heavy atom. The molecule has 0 saturated carbocycles. The van der Waals surface area contributed by atoms with Crippen LogP contribution in [0.4, 0.5) is 0 Å². The lowest BCUT2D eigenvalue weighted by molar-refractivity contribution is 0.739. The van der Waals surface area contributed by atoms with Crippen LogP contribution in [0.2, 0.25) is 0 Å². The third-order valence-corrected chi connectivity index (χ3v) is 5.94. The van der Waals surface area contributed by atoms with E-state index >= 15 is 0 Å². The fourth-order valence-corrected chi connectivity index (χ4v) is 3.99. The summed E-state index contributed by atoms with van der Waals surface area (Å²) in [7, 11) is 0. The molecule has 2 heterocycles. The van der Waals surface area contributed by atoms with Crippen molar-refractivity contribution in [2.45, 2.75) is 39.1 Å². The molecule has 0 N–H and O–H groups in total. The number of rotatable bonds is 6. The molecule has 0 aliphatic heterocycles. The minimum atomic E-state index is -0.235. The molecule has 0 fully saturated rings. The number of imidazole rings is 1. The number of nitrogens with zero attached hydrogens (tertiary/aromatic N) is 3. The molecule has 4 rings (SSSR count). The summed E-state index contributed by atoms with van der Waals surface area (Å²) >= 11 is 6.81. The quantitative estimate of drug-likeness (QED) is 0.352. The summed E-state index contributed by atoms with van der Waals surface area (Å²) in [6, 6.07) is 19.1. The third-order valence-electron chi connectivity index (χ3n) is 5.46. The van der Waals surface area contributed by atoms with E-state index in [2.05, 4.69) is 78.9 Å². The molecule has 0 spiro atoms. The van der Waals surface area contributed by atoms with Crippen molar-refractivity contribution in [3.8, 4) is 0 Å². The van der Waals surface area contributed by atoms with Crippen LogP contribution in [0.25, 0.3) is 0 Å². The van der Waals surface area contributed by atoms with Gasteiger partial charge in [-0.3, -0.25) is 4.98 Å². The van der Waals surface area contributed by atoms with Crippen molar-refractivity contribution in [3.63, 3.8) is 0 Å². The smallest absolute Gasteiger partial charge is 0.100 e. The van der Waals surface area contributed by atoms with Crippen molar-refractivity contribution in [2.24, 2.45) is 0 Å². The fraction of sp³-hybridized carbons (Fsp3) is 0.231. The van der Waals surface area contributed by atoms with Gasteiger partial charge in [0.25, 0.3) is 0 Å². The maximum Gasteiger partial charge on any atom is 0.100 e. The first kappa shape index (κ1) is 20.4. The van der Waals surface area contributed by atoms with Gasteiger partial charge in [0.05, 0.1) is 18.6 Å². The number of aromatic nitrogens is 3. The summed E-state index contributed by atoms with van der Waals surface area (Å²) in [6.45, 7) is 7.03. The maximum atomic E-state index is 6.81. The fourth-order valence-electron chi connectivity index (χ4n) is 3.68. The van der Waals surface area contributed by atoms with Crippen molar-refractivity contribution < 1.29 is 0 Å². The summed E-state index contributed by atoms with van der Waals surface area (Å²) in [5.41, 5.74) is 9.32. The normalized spacial score (nSPS) is 12.1. The van der Waals surface area contributed by atoms with Crippen LogP contribution < -0.4 is 0 Å². The van der Waals surface area contributed by atoms with Crippen LogP contribution in [0.15, 0.2) is 73.3 Å². The van der Waals surface area contributed by atoms with Gasteiger partial charge in [0.2, 0.25) is 0 Å². The van der Waals surface area contributed by atoms with E-state index in [1.807, 2.05) is 24.8 Å². The Balaban J connectivity index is 1.52. The van der Waals surface area contributed by atoms with E-state index < -0.39 is 0 Å². The summed E-state index contributed by atoms with van der Waals surface area (Å²) < 4.78 is 2.11. The zero-order valence-electron chi connectivity index (χ0n) is 17.6. The van der Waals surface area contributed by atoms with E-state index in [4.69, 9.17) is 16.6 Å². The number of hydrogen-bond acceptors (Lipinski definition) is 2. The highest BCUT2D eigenvalue weighted by Crippen LogP contribution is 2.29. The molecule has 2 aromatic carbocycles.